The van der Waals surface area contributed by atoms with Gasteiger partial charge in [-0.3, -0.25) is 0 Å². The predicted octanol–water partition coefficient (Wildman–Crippen LogP) is 9.30. The molecule has 0 radical (unpaired) electrons. The second-order valence-corrected chi connectivity index (χ2v) is 8.18. The lowest BCUT2D eigenvalue weighted by molar-refractivity contribution is -0.137. The number of halogens is 3. The van der Waals surface area contributed by atoms with E-state index in [1.54, 1.807) is 0 Å². The Balaban J connectivity index is 0.000000795. The van der Waals surface area contributed by atoms with Crippen molar-refractivity contribution in [3.05, 3.63) is 133 Å². The summed E-state index contributed by atoms with van der Waals surface area (Å²) in [5.41, 5.74) is 10.0. The number of unbranched alkanes of at least 4 members (excludes halogenated alkanes) is 2. The molecule has 0 amide bonds. The van der Waals surface area contributed by atoms with Crippen molar-refractivity contribution >= 4 is 21.0 Å². The van der Waals surface area contributed by atoms with Gasteiger partial charge in [0.1, 0.15) is 0 Å². The molecule has 1 atom stereocenters. The molecular formula is C32H38F3N2P. The van der Waals surface area contributed by atoms with E-state index in [9.17, 15) is 13.2 Å². The number of hydrogen-bond donors (Lipinski definition) is 2. The first-order valence-electron chi connectivity index (χ1n) is 12.3. The van der Waals surface area contributed by atoms with Crippen molar-refractivity contribution in [2.24, 2.45) is 5.73 Å². The molecule has 38 heavy (non-hydrogen) atoms. The second-order valence-electron chi connectivity index (χ2n) is 8.18. The van der Waals surface area contributed by atoms with Gasteiger partial charge in [0.15, 0.2) is 0 Å². The van der Waals surface area contributed by atoms with Crippen LogP contribution in [0.4, 0.5) is 13.2 Å². The van der Waals surface area contributed by atoms with E-state index < -0.39 is 11.7 Å². The van der Waals surface area contributed by atoms with Crippen LogP contribution >= 0.6 is 9.24 Å². The molecule has 0 heterocycles. The number of alkyl halides is 3. The van der Waals surface area contributed by atoms with E-state index in [0.717, 1.165) is 28.8 Å². The van der Waals surface area contributed by atoms with E-state index in [4.69, 9.17) is 5.73 Å². The van der Waals surface area contributed by atoms with E-state index in [1.165, 1.54) is 31.4 Å². The fraction of sp³-hybridized carbons (Fsp3) is 0.188. The average molecular weight is 539 g/mol. The summed E-state index contributed by atoms with van der Waals surface area (Å²) in [6, 6.07) is 22.7. The van der Waals surface area contributed by atoms with Crippen LogP contribution in [-0.4, -0.2) is 6.66 Å². The summed E-state index contributed by atoms with van der Waals surface area (Å²) in [7, 11) is 2.42. The van der Waals surface area contributed by atoms with Crippen LogP contribution in [0.2, 0.25) is 0 Å². The minimum atomic E-state index is -4.38. The summed E-state index contributed by atoms with van der Waals surface area (Å²) in [6.07, 6.45) is 3.15. The lowest BCUT2D eigenvalue weighted by Gasteiger charge is -2.15. The second kappa shape index (κ2) is 17.0. The summed E-state index contributed by atoms with van der Waals surface area (Å²) in [4.78, 5) is 0. The molecule has 3 N–H and O–H groups in total. The standard InChI is InChI=1S/C25H21F3N2.C6H12.CH5P/c1-17(29)24(30-18(2)20-12-14-23(15-13-20)25(26,27)28)16-19-8-10-22(11-9-19)21-6-4-3-5-7-21;1-3-5-6-4-2;1-2/h3-16,30H,1-2,29H2;3H,1,4-6H2,2H3;2H2,1H3/b24-16+;;. The molecule has 3 rings (SSSR count). The Morgan fingerprint density at radius 3 is 1.89 bits per heavy atom. The average Bonchev–Trinajstić information content (AvgIpc) is 2.93. The summed E-state index contributed by atoms with van der Waals surface area (Å²) in [5, 5.41) is 3.05. The highest BCUT2D eigenvalue weighted by Crippen LogP contribution is 2.30. The third-order valence-corrected chi connectivity index (χ3v) is 5.28. The zero-order valence-corrected chi connectivity index (χ0v) is 23.3. The van der Waals surface area contributed by atoms with E-state index in [-0.39, 0.29) is 5.70 Å². The zero-order chi connectivity index (χ0) is 28.6. The number of hydrogen-bond acceptors (Lipinski definition) is 2. The number of benzene rings is 3. The summed E-state index contributed by atoms with van der Waals surface area (Å²) >= 11 is 0. The maximum atomic E-state index is 12.7. The largest absolute Gasteiger partial charge is 0.416 e. The van der Waals surface area contributed by atoms with Crippen molar-refractivity contribution in [1.82, 2.24) is 5.32 Å². The lowest BCUT2D eigenvalue weighted by atomic mass is 10.0. The third-order valence-electron chi connectivity index (χ3n) is 5.28. The molecule has 0 saturated heterocycles. The normalized spacial score (nSPS) is 10.7. The number of nitrogens with one attached hydrogen (secondary N) is 1. The van der Waals surface area contributed by atoms with Crippen LogP contribution in [-0.2, 0) is 6.18 Å². The van der Waals surface area contributed by atoms with Gasteiger partial charge in [-0.25, -0.2) is 0 Å². The van der Waals surface area contributed by atoms with Gasteiger partial charge in [-0.1, -0.05) is 112 Å². The van der Waals surface area contributed by atoms with Crippen LogP contribution in [0.5, 0.6) is 0 Å². The predicted molar refractivity (Wildman–Crippen MR) is 162 cm³/mol. The van der Waals surface area contributed by atoms with Crippen LogP contribution in [0, 0.1) is 0 Å². The minimum Gasteiger partial charge on any atom is -0.398 e. The molecule has 0 saturated carbocycles. The molecular weight excluding hydrogens is 500 g/mol. The Labute approximate surface area is 228 Å². The highest BCUT2D eigenvalue weighted by atomic mass is 31.0. The van der Waals surface area contributed by atoms with Crippen LogP contribution in [0.15, 0.2) is 116 Å². The number of rotatable bonds is 9. The van der Waals surface area contributed by atoms with Crippen molar-refractivity contribution in [3.8, 4) is 11.1 Å². The van der Waals surface area contributed by atoms with E-state index >= 15 is 0 Å². The molecule has 0 aliphatic heterocycles. The van der Waals surface area contributed by atoms with Crippen LogP contribution < -0.4 is 11.1 Å². The molecule has 6 heteroatoms. The van der Waals surface area contributed by atoms with Gasteiger partial charge in [-0.05, 0) is 46.9 Å². The first kappa shape index (κ1) is 32.5. The molecule has 0 fully saturated rings. The van der Waals surface area contributed by atoms with Crippen LogP contribution in [0.1, 0.15) is 42.9 Å². The maximum Gasteiger partial charge on any atom is 0.416 e. The molecule has 0 aliphatic rings. The summed E-state index contributed by atoms with van der Waals surface area (Å²) in [6.45, 7) is 15.4. The molecule has 202 valence electrons. The number of nitrogens with two attached hydrogens (primary N) is 1. The maximum absolute atomic E-state index is 12.7. The summed E-state index contributed by atoms with van der Waals surface area (Å²) < 4.78 is 38.2. The van der Waals surface area contributed by atoms with E-state index in [2.05, 4.69) is 41.2 Å². The fourth-order valence-electron chi connectivity index (χ4n) is 3.22. The Morgan fingerprint density at radius 2 is 1.45 bits per heavy atom. The van der Waals surface area contributed by atoms with Gasteiger partial charge in [0.05, 0.1) is 11.3 Å². The lowest BCUT2D eigenvalue weighted by Crippen LogP contribution is -2.16. The first-order valence-corrected chi connectivity index (χ1v) is 13.4. The fourth-order valence-corrected chi connectivity index (χ4v) is 3.22. The van der Waals surface area contributed by atoms with Crippen molar-refractivity contribution in [2.45, 2.75) is 32.4 Å². The quantitative estimate of drug-likeness (QED) is 0.123. The van der Waals surface area contributed by atoms with Crippen LogP contribution in [0.25, 0.3) is 22.9 Å². The zero-order valence-electron chi connectivity index (χ0n) is 22.2. The van der Waals surface area contributed by atoms with Gasteiger partial charge in [-0.15, -0.1) is 15.8 Å². The van der Waals surface area contributed by atoms with Crippen molar-refractivity contribution in [1.29, 1.82) is 0 Å². The van der Waals surface area contributed by atoms with Crippen molar-refractivity contribution < 1.29 is 13.2 Å². The smallest absolute Gasteiger partial charge is 0.398 e. The SMILES string of the molecule is C=C(N)/C(=C\c1ccc(-c2ccccc2)cc1)NC(=C)c1ccc(C(F)(F)F)cc1.C=CCCCC.CP. The van der Waals surface area contributed by atoms with Crippen molar-refractivity contribution in [3.63, 3.8) is 0 Å². The first-order chi connectivity index (χ1) is 18.2. The molecule has 2 nitrogen and oxygen atoms in total. The topological polar surface area (TPSA) is 38.0 Å². The van der Waals surface area contributed by atoms with Gasteiger partial charge in [0.25, 0.3) is 0 Å². The van der Waals surface area contributed by atoms with Gasteiger partial charge < -0.3 is 11.1 Å². The monoisotopic (exact) mass is 538 g/mol. The van der Waals surface area contributed by atoms with Gasteiger partial charge in [-0.2, -0.15) is 13.2 Å². The highest BCUT2D eigenvalue weighted by molar-refractivity contribution is 7.15. The molecule has 0 bridgehead atoms. The van der Waals surface area contributed by atoms with Crippen molar-refractivity contribution in [2.75, 3.05) is 6.66 Å². The minimum absolute atomic E-state index is 0.287. The van der Waals surface area contributed by atoms with Crippen LogP contribution in [0.3, 0.4) is 0 Å². The molecule has 0 aliphatic carbocycles. The number of allylic oxidation sites excluding steroid dienone is 1. The highest BCUT2D eigenvalue weighted by Gasteiger charge is 2.30. The van der Waals surface area contributed by atoms with Gasteiger partial charge in [0, 0.05) is 11.4 Å². The Morgan fingerprint density at radius 1 is 0.895 bits per heavy atom. The Hall–Kier alpha value is -3.56. The molecule has 0 spiro atoms. The molecule has 1 unspecified atom stereocenters. The molecule has 3 aromatic rings. The molecule has 3 aromatic carbocycles. The van der Waals surface area contributed by atoms with Gasteiger partial charge >= 0.3 is 6.18 Å². The Bertz CT molecular complexity index is 1160. The van der Waals surface area contributed by atoms with E-state index in [0.29, 0.717) is 17.0 Å². The molecule has 0 aromatic heterocycles. The van der Waals surface area contributed by atoms with Gasteiger partial charge in [0.2, 0.25) is 0 Å². The third kappa shape index (κ3) is 11.2. The Kier molecular flexibility index (Phi) is 14.6. The van der Waals surface area contributed by atoms with E-state index in [1.807, 2.05) is 73.4 Å². The summed E-state index contributed by atoms with van der Waals surface area (Å²) in [5.74, 6) is 0.